The molecular formula is C10H8N2O3. The first-order valence-corrected chi connectivity index (χ1v) is 4.29. The third kappa shape index (κ3) is 1.54. The number of carbonyl (C=O) groups is 1. The van der Waals surface area contributed by atoms with Crippen molar-refractivity contribution in [2.75, 3.05) is 0 Å². The third-order valence-corrected chi connectivity index (χ3v) is 2.04. The summed E-state index contributed by atoms with van der Waals surface area (Å²) in [5, 5.41) is 8.93. The van der Waals surface area contributed by atoms with E-state index in [1.807, 2.05) is 0 Å². The van der Waals surface area contributed by atoms with E-state index in [1.165, 1.54) is 23.0 Å². The van der Waals surface area contributed by atoms with Crippen molar-refractivity contribution in [3.05, 3.63) is 52.7 Å². The van der Waals surface area contributed by atoms with E-state index in [2.05, 4.69) is 4.98 Å². The van der Waals surface area contributed by atoms with Crippen LogP contribution in [0.4, 0.5) is 0 Å². The maximum atomic E-state index is 11.3. The molecule has 0 fully saturated rings. The fourth-order valence-corrected chi connectivity index (χ4v) is 1.37. The molecule has 1 aromatic heterocycles. The number of carboxylic acids is 1. The number of nitrogens with zero attached hydrogens (tertiary/aromatic N) is 1. The molecule has 2 rings (SSSR count). The van der Waals surface area contributed by atoms with Crippen molar-refractivity contribution in [1.82, 2.24) is 9.55 Å². The molecule has 0 spiro atoms. The van der Waals surface area contributed by atoms with Gasteiger partial charge in [0, 0.05) is 12.4 Å². The predicted molar refractivity (Wildman–Crippen MR) is 53.3 cm³/mol. The number of hydrogen-bond donors (Lipinski definition) is 2. The molecular weight excluding hydrogens is 196 g/mol. The van der Waals surface area contributed by atoms with E-state index in [-0.39, 0.29) is 11.3 Å². The maximum Gasteiger partial charge on any atom is 0.337 e. The number of para-hydroxylation sites is 1. The molecule has 5 heteroatoms. The van der Waals surface area contributed by atoms with Gasteiger partial charge in [0.1, 0.15) is 0 Å². The normalized spacial score (nSPS) is 10.1. The fourth-order valence-electron chi connectivity index (χ4n) is 1.37. The molecule has 1 heterocycles. The summed E-state index contributed by atoms with van der Waals surface area (Å²) in [6, 6.07) is 6.33. The van der Waals surface area contributed by atoms with E-state index in [9.17, 15) is 9.59 Å². The molecule has 2 N–H and O–H groups in total. The first kappa shape index (κ1) is 9.26. The zero-order valence-electron chi connectivity index (χ0n) is 7.68. The van der Waals surface area contributed by atoms with Gasteiger partial charge in [-0.15, -0.1) is 0 Å². The third-order valence-electron chi connectivity index (χ3n) is 2.04. The first-order valence-electron chi connectivity index (χ1n) is 4.29. The van der Waals surface area contributed by atoms with Crippen LogP contribution in [0.1, 0.15) is 10.4 Å². The minimum Gasteiger partial charge on any atom is -0.478 e. The largest absolute Gasteiger partial charge is 0.478 e. The Hall–Kier alpha value is -2.30. The molecule has 0 bridgehead atoms. The van der Waals surface area contributed by atoms with Crippen LogP contribution >= 0.6 is 0 Å². The zero-order chi connectivity index (χ0) is 10.8. The van der Waals surface area contributed by atoms with Gasteiger partial charge in [-0.25, -0.2) is 9.59 Å². The number of aromatic nitrogens is 2. The summed E-state index contributed by atoms with van der Waals surface area (Å²) in [5.74, 6) is -1.06. The molecule has 15 heavy (non-hydrogen) atoms. The molecule has 2 aromatic rings. The predicted octanol–water partition coefficient (Wildman–Crippen LogP) is 0.864. The van der Waals surface area contributed by atoms with Crippen LogP contribution in [0.15, 0.2) is 41.5 Å². The Kier molecular flexibility index (Phi) is 2.13. The molecule has 0 radical (unpaired) electrons. The van der Waals surface area contributed by atoms with E-state index in [1.54, 1.807) is 18.2 Å². The van der Waals surface area contributed by atoms with Gasteiger partial charge < -0.3 is 10.1 Å². The minimum atomic E-state index is -1.06. The Balaban J connectivity index is 2.68. The Morgan fingerprint density at radius 1 is 1.33 bits per heavy atom. The summed E-state index contributed by atoms with van der Waals surface area (Å²) < 4.78 is 1.25. The second-order valence-corrected chi connectivity index (χ2v) is 2.96. The number of imidazole rings is 1. The number of nitrogens with one attached hydrogen (secondary N) is 1. The molecule has 0 aliphatic rings. The van der Waals surface area contributed by atoms with Gasteiger partial charge in [-0.1, -0.05) is 12.1 Å². The molecule has 0 unspecified atom stereocenters. The summed E-state index contributed by atoms with van der Waals surface area (Å²) in [5.41, 5.74) is 0.0964. The number of rotatable bonds is 2. The molecule has 0 saturated carbocycles. The molecule has 76 valence electrons. The van der Waals surface area contributed by atoms with Crippen molar-refractivity contribution in [2.24, 2.45) is 0 Å². The molecule has 0 amide bonds. The van der Waals surface area contributed by atoms with Crippen molar-refractivity contribution in [2.45, 2.75) is 0 Å². The summed E-state index contributed by atoms with van der Waals surface area (Å²) in [6.07, 6.45) is 2.95. The van der Waals surface area contributed by atoms with Crippen molar-refractivity contribution in [1.29, 1.82) is 0 Å². The number of aromatic amines is 1. The van der Waals surface area contributed by atoms with Crippen LogP contribution in [0.5, 0.6) is 0 Å². The first-order chi connectivity index (χ1) is 7.20. The lowest BCUT2D eigenvalue weighted by atomic mass is 10.2. The van der Waals surface area contributed by atoms with Crippen molar-refractivity contribution in [3.8, 4) is 5.69 Å². The van der Waals surface area contributed by atoms with E-state index in [0.29, 0.717) is 5.69 Å². The second-order valence-electron chi connectivity index (χ2n) is 2.96. The number of aromatic carboxylic acids is 1. The van der Waals surface area contributed by atoms with E-state index in [4.69, 9.17) is 5.11 Å². The van der Waals surface area contributed by atoms with Gasteiger partial charge in [0.2, 0.25) is 0 Å². The van der Waals surface area contributed by atoms with E-state index < -0.39 is 5.97 Å². The van der Waals surface area contributed by atoms with Crippen LogP contribution in [0.25, 0.3) is 5.69 Å². The summed E-state index contributed by atoms with van der Waals surface area (Å²) in [7, 11) is 0. The molecule has 0 saturated heterocycles. The van der Waals surface area contributed by atoms with Crippen molar-refractivity contribution < 1.29 is 9.90 Å². The van der Waals surface area contributed by atoms with Gasteiger partial charge in [0.15, 0.2) is 0 Å². The molecule has 1 aromatic carbocycles. The van der Waals surface area contributed by atoms with Gasteiger partial charge in [-0.05, 0) is 12.1 Å². The highest BCUT2D eigenvalue weighted by Gasteiger charge is 2.11. The summed E-state index contributed by atoms with van der Waals surface area (Å²) in [6.45, 7) is 0. The average molecular weight is 204 g/mol. The molecule has 0 aliphatic carbocycles. The van der Waals surface area contributed by atoms with Gasteiger partial charge in [-0.2, -0.15) is 0 Å². The smallest absolute Gasteiger partial charge is 0.337 e. The maximum absolute atomic E-state index is 11.3. The Morgan fingerprint density at radius 2 is 2.07 bits per heavy atom. The van der Waals surface area contributed by atoms with Gasteiger partial charge in [-0.3, -0.25) is 4.57 Å². The minimum absolute atomic E-state index is 0.0965. The van der Waals surface area contributed by atoms with Crippen LogP contribution in [0, 0.1) is 0 Å². The highest BCUT2D eigenvalue weighted by Crippen LogP contribution is 2.11. The molecule has 0 aliphatic heterocycles. The lowest BCUT2D eigenvalue weighted by molar-refractivity contribution is 0.0697. The summed E-state index contributed by atoms with van der Waals surface area (Å²) in [4.78, 5) is 24.7. The highest BCUT2D eigenvalue weighted by atomic mass is 16.4. The zero-order valence-corrected chi connectivity index (χ0v) is 7.68. The van der Waals surface area contributed by atoms with Gasteiger partial charge in [0.25, 0.3) is 0 Å². The van der Waals surface area contributed by atoms with Gasteiger partial charge in [0.05, 0.1) is 11.3 Å². The Morgan fingerprint density at radius 3 is 2.67 bits per heavy atom. The van der Waals surface area contributed by atoms with Crippen LogP contribution in [0.3, 0.4) is 0 Å². The standard InChI is InChI=1S/C10H8N2O3/c13-9(14)7-3-1-2-4-8(7)12-6-5-11-10(12)15/h1-6H,(H,11,15)(H,13,14). The lowest BCUT2D eigenvalue weighted by Gasteiger charge is -2.04. The molecule has 5 nitrogen and oxygen atoms in total. The van der Waals surface area contributed by atoms with Gasteiger partial charge >= 0.3 is 11.7 Å². The quantitative estimate of drug-likeness (QED) is 0.761. The van der Waals surface area contributed by atoms with E-state index >= 15 is 0 Å². The van der Waals surface area contributed by atoms with Crippen LogP contribution in [0.2, 0.25) is 0 Å². The van der Waals surface area contributed by atoms with Crippen molar-refractivity contribution in [3.63, 3.8) is 0 Å². The fraction of sp³-hybridized carbons (Fsp3) is 0. The SMILES string of the molecule is O=C(O)c1ccccc1-n1cc[nH]c1=O. The second kappa shape index (κ2) is 3.45. The van der Waals surface area contributed by atoms with Crippen LogP contribution < -0.4 is 5.69 Å². The van der Waals surface area contributed by atoms with Crippen LogP contribution in [-0.2, 0) is 0 Å². The highest BCUT2D eigenvalue weighted by molar-refractivity contribution is 5.91. The topological polar surface area (TPSA) is 75.1 Å². The monoisotopic (exact) mass is 204 g/mol. The Bertz CT molecular complexity index is 554. The average Bonchev–Trinajstić information content (AvgIpc) is 2.64. The number of hydrogen-bond acceptors (Lipinski definition) is 2. The number of carboxylic acid groups (broad SMARTS) is 1. The number of H-pyrrole nitrogens is 1. The van der Waals surface area contributed by atoms with Crippen molar-refractivity contribution >= 4 is 5.97 Å². The Labute approximate surface area is 84.6 Å². The molecule has 0 atom stereocenters. The van der Waals surface area contributed by atoms with E-state index in [0.717, 1.165) is 0 Å². The number of benzene rings is 1. The van der Waals surface area contributed by atoms with Crippen LogP contribution in [-0.4, -0.2) is 20.6 Å². The lowest BCUT2D eigenvalue weighted by Crippen LogP contribution is -2.16. The summed E-state index contributed by atoms with van der Waals surface area (Å²) >= 11 is 0.